The molecular formula is C10H12FNO. The van der Waals surface area contributed by atoms with Gasteiger partial charge in [-0.05, 0) is 31.2 Å². The average molecular weight is 181 g/mol. The molecule has 0 amide bonds. The molecule has 0 saturated heterocycles. The van der Waals surface area contributed by atoms with Gasteiger partial charge < -0.3 is 4.74 Å². The monoisotopic (exact) mass is 181 g/mol. The summed E-state index contributed by atoms with van der Waals surface area (Å²) in [7, 11) is 1.65. The Labute approximate surface area is 77.1 Å². The Bertz CT molecular complexity index is 292. The van der Waals surface area contributed by atoms with Gasteiger partial charge in [-0.2, -0.15) is 0 Å². The van der Waals surface area contributed by atoms with E-state index in [9.17, 15) is 4.39 Å². The van der Waals surface area contributed by atoms with Crippen molar-refractivity contribution >= 4 is 5.90 Å². The Morgan fingerprint density at radius 2 is 2.00 bits per heavy atom. The van der Waals surface area contributed by atoms with Gasteiger partial charge in [-0.25, -0.2) is 4.39 Å². The highest BCUT2D eigenvalue weighted by molar-refractivity contribution is 5.93. The second kappa shape index (κ2) is 4.60. The molecule has 0 unspecified atom stereocenters. The SMILES string of the molecule is CCOC(=NC)c1ccc(F)cc1. The van der Waals surface area contributed by atoms with Crippen molar-refractivity contribution in [3.63, 3.8) is 0 Å². The molecule has 0 aliphatic heterocycles. The van der Waals surface area contributed by atoms with Crippen molar-refractivity contribution in [2.45, 2.75) is 6.92 Å². The quantitative estimate of drug-likeness (QED) is 0.506. The zero-order valence-electron chi connectivity index (χ0n) is 7.75. The van der Waals surface area contributed by atoms with Crippen LogP contribution in [0.25, 0.3) is 0 Å². The van der Waals surface area contributed by atoms with Crippen LogP contribution >= 0.6 is 0 Å². The number of hydrogen-bond donors (Lipinski definition) is 0. The zero-order valence-corrected chi connectivity index (χ0v) is 7.75. The third kappa shape index (κ3) is 2.54. The highest BCUT2D eigenvalue weighted by atomic mass is 19.1. The van der Waals surface area contributed by atoms with Gasteiger partial charge in [0.25, 0.3) is 0 Å². The highest BCUT2D eigenvalue weighted by Crippen LogP contribution is 2.05. The van der Waals surface area contributed by atoms with E-state index in [0.717, 1.165) is 5.56 Å². The van der Waals surface area contributed by atoms with Crippen LogP contribution in [0.3, 0.4) is 0 Å². The van der Waals surface area contributed by atoms with E-state index >= 15 is 0 Å². The molecule has 0 radical (unpaired) electrons. The van der Waals surface area contributed by atoms with Gasteiger partial charge in [-0.1, -0.05) is 0 Å². The molecule has 0 fully saturated rings. The lowest BCUT2D eigenvalue weighted by atomic mass is 10.2. The number of hydrogen-bond acceptors (Lipinski definition) is 2. The third-order valence-corrected chi connectivity index (χ3v) is 1.58. The Morgan fingerprint density at radius 3 is 2.46 bits per heavy atom. The lowest BCUT2D eigenvalue weighted by Crippen LogP contribution is -2.06. The highest BCUT2D eigenvalue weighted by Gasteiger charge is 2.02. The zero-order chi connectivity index (χ0) is 9.68. The molecule has 0 atom stereocenters. The van der Waals surface area contributed by atoms with Crippen LogP contribution in [-0.4, -0.2) is 19.6 Å². The summed E-state index contributed by atoms with van der Waals surface area (Å²) < 4.78 is 17.8. The van der Waals surface area contributed by atoms with Crippen molar-refractivity contribution in [1.82, 2.24) is 0 Å². The van der Waals surface area contributed by atoms with Gasteiger partial charge in [-0.3, -0.25) is 4.99 Å². The molecule has 1 aromatic rings. The van der Waals surface area contributed by atoms with Crippen molar-refractivity contribution in [2.75, 3.05) is 13.7 Å². The average Bonchev–Trinajstić information content (AvgIpc) is 2.16. The summed E-state index contributed by atoms with van der Waals surface area (Å²) in [5.41, 5.74) is 0.797. The summed E-state index contributed by atoms with van der Waals surface area (Å²) in [5.74, 6) is 0.290. The maximum atomic E-state index is 12.6. The molecule has 1 rings (SSSR count). The predicted molar refractivity (Wildman–Crippen MR) is 50.5 cm³/mol. The van der Waals surface area contributed by atoms with Crippen molar-refractivity contribution in [3.05, 3.63) is 35.6 Å². The van der Waals surface area contributed by atoms with Crippen LogP contribution < -0.4 is 0 Å². The molecule has 0 heterocycles. The van der Waals surface area contributed by atoms with Crippen molar-refractivity contribution in [3.8, 4) is 0 Å². The number of benzene rings is 1. The van der Waals surface area contributed by atoms with Gasteiger partial charge in [0.05, 0.1) is 6.61 Å². The molecule has 0 aliphatic carbocycles. The number of aliphatic imine (C=N–C) groups is 1. The summed E-state index contributed by atoms with van der Waals surface area (Å²) >= 11 is 0. The van der Waals surface area contributed by atoms with E-state index in [1.54, 1.807) is 19.2 Å². The van der Waals surface area contributed by atoms with Crippen molar-refractivity contribution in [1.29, 1.82) is 0 Å². The minimum absolute atomic E-state index is 0.254. The topological polar surface area (TPSA) is 21.6 Å². The smallest absolute Gasteiger partial charge is 0.215 e. The normalized spacial score (nSPS) is 11.5. The number of nitrogens with zero attached hydrogens (tertiary/aromatic N) is 1. The second-order valence-corrected chi connectivity index (χ2v) is 2.47. The molecule has 0 saturated carbocycles. The lowest BCUT2D eigenvalue weighted by molar-refractivity contribution is 0.328. The van der Waals surface area contributed by atoms with Crippen LogP contribution in [-0.2, 0) is 4.74 Å². The Morgan fingerprint density at radius 1 is 1.38 bits per heavy atom. The van der Waals surface area contributed by atoms with E-state index in [1.165, 1.54) is 12.1 Å². The van der Waals surface area contributed by atoms with Gasteiger partial charge in [0, 0.05) is 12.6 Å². The Hall–Kier alpha value is -1.38. The Kier molecular flexibility index (Phi) is 3.43. The molecule has 13 heavy (non-hydrogen) atoms. The van der Waals surface area contributed by atoms with Crippen LogP contribution in [0.15, 0.2) is 29.3 Å². The summed E-state index contributed by atoms with van der Waals surface area (Å²) in [6.07, 6.45) is 0. The van der Waals surface area contributed by atoms with Gasteiger partial charge in [0.15, 0.2) is 0 Å². The molecule has 0 spiro atoms. The van der Waals surface area contributed by atoms with Gasteiger partial charge in [0.2, 0.25) is 5.90 Å². The first-order valence-electron chi connectivity index (χ1n) is 4.13. The van der Waals surface area contributed by atoms with Gasteiger partial charge >= 0.3 is 0 Å². The summed E-state index contributed by atoms with van der Waals surface area (Å²) in [6, 6.07) is 6.07. The first kappa shape index (κ1) is 9.71. The van der Waals surface area contributed by atoms with Gasteiger partial charge in [0.1, 0.15) is 5.82 Å². The van der Waals surface area contributed by atoms with Crippen molar-refractivity contribution < 1.29 is 9.13 Å². The van der Waals surface area contributed by atoms with E-state index in [4.69, 9.17) is 4.74 Å². The van der Waals surface area contributed by atoms with Crippen molar-refractivity contribution in [2.24, 2.45) is 4.99 Å². The minimum Gasteiger partial charge on any atom is -0.478 e. The van der Waals surface area contributed by atoms with E-state index in [2.05, 4.69) is 4.99 Å². The van der Waals surface area contributed by atoms with E-state index < -0.39 is 0 Å². The summed E-state index contributed by atoms with van der Waals surface area (Å²) in [5, 5.41) is 0. The first-order valence-corrected chi connectivity index (χ1v) is 4.13. The second-order valence-electron chi connectivity index (χ2n) is 2.47. The molecule has 0 N–H and O–H groups in total. The van der Waals surface area contributed by atoms with Crippen LogP contribution in [0.2, 0.25) is 0 Å². The third-order valence-electron chi connectivity index (χ3n) is 1.58. The summed E-state index contributed by atoms with van der Waals surface area (Å²) in [4.78, 5) is 3.95. The molecule has 1 aromatic carbocycles. The summed E-state index contributed by atoms with van der Waals surface area (Å²) in [6.45, 7) is 2.44. The van der Waals surface area contributed by atoms with Crippen LogP contribution in [0.4, 0.5) is 4.39 Å². The molecule has 3 heteroatoms. The molecule has 0 aliphatic rings. The fraction of sp³-hybridized carbons (Fsp3) is 0.300. The van der Waals surface area contributed by atoms with Gasteiger partial charge in [-0.15, -0.1) is 0 Å². The minimum atomic E-state index is -0.254. The number of rotatable bonds is 2. The fourth-order valence-electron chi connectivity index (χ4n) is 1.01. The molecule has 70 valence electrons. The standard InChI is InChI=1S/C10H12FNO/c1-3-13-10(12-2)8-4-6-9(11)7-5-8/h4-7H,3H2,1-2H3. The van der Waals surface area contributed by atoms with Crippen LogP contribution in [0.5, 0.6) is 0 Å². The van der Waals surface area contributed by atoms with E-state index in [0.29, 0.717) is 12.5 Å². The number of ether oxygens (including phenoxy) is 1. The molecule has 2 nitrogen and oxygen atoms in total. The molecule has 0 aromatic heterocycles. The van der Waals surface area contributed by atoms with E-state index in [-0.39, 0.29) is 5.82 Å². The van der Waals surface area contributed by atoms with E-state index in [1.807, 2.05) is 6.92 Å². The lowest BCUT2D eigenvalue weighted by Gasteiger charge is -2.05. The molecule has 0 bridgehead atoms. The maximum absolute atomic E-state index is 12.6. The van der Waals surface area contributed by atoms with Crippen LogP contribution in [0, 0.1) is 5.82 Å². The fourth-order valence-corrected chi connectivity index (χ4v) is 1.01. The maximum Gasteiger partial charge on any atom is 0.215 e. The Balaban J connectivity index is 2.87. The largest absolute Gasteiger partial charge is 0.478 e. The van der Waals surface area contributed by atoms with Crippen LogP contribution in [0.1, 0.15) is 12.5 Å². The predicted octanol–water partition coefficient (Wildman–Crippen LogP) is 2.24. The first-order chi connectivity index (χ1) is 6.27. The molecular weight excluding hydrogens is 169 g/mol. The number of halogens is 1.